The Balaban J connectivity index is 1.52. The Bertz CT molecular complexity index is 1000. The third kappa shape index (κ3) is 7.27. The minimum atomic E-state index is -0.226. The number of ether oxygens (including phenoxy) is 1. The van der Waals surface area contributed by atoms with E-state index >= 15 is 0 Å². The van der Waals surface area contributed by atoms with Crippen LogP contribution in [0, 0.1) is 0 Å². The zero-order valence-electron chi connectivity index (χ0n) is 18.5. The summed E-state index contributed by atoms with van der Waals surface area (Å²) in [6, 6.07) is 24.3. The molecule has 0 heterocycles. The third-order valence-corrected chi connectivity index (χ3v) is 5.05. The predicted octanol–water partition coefficient (Wildman–Crippen LogP) is 6.08. The lowest BCUT2D eigenvalue weighted by Crippen LogP contribution is -2.14. The van der Waals surface area contributed by atoms with Crippen LogP contribution in [0.1, 0.15) is 48.5 Å². The number of nitrogens with one attached hydrogen (secondary N) is 2. The molecule has 0 saturated carbocycles. The zero-order chi connectivity index (χ0) is 22.6. The van der Waals surface area contributed by atoms with Gasteiger partial charge in [0.25, 0.3) is 5.91 Å². The van der Waals surface area contributed by atoms with Crippen LogP contribution in [0.2, 0.25) is 0 Å². The van der Waals surface area contributed by atoms with E-state index in [1.54, 1.807) is 30.3 Å². The van der Waals surface area contributed by atoms with E-state index in [2.05, 4.69) is 17.6 Å². The molecule has 0 spiro atoms. The van der Waals surface area contributed by atoms with Gasteiger partial charge in [0.1, 0.15) is 5.75 Å². The number of benzene rings is 3. The molecule has 166 valence electrons. The maximum Gasteiger partial charge on any atom is 0.259 e. The second-order valence-corrected chi connectivity index (χ2v) is 7.62. The van der Waals surface area contributed by atoms with Gasteiger partial charge in [-0.05, 0) is 54.8 Å². The standard InChI is InChI=1S/C27H30N2O3/c1-2-3-9-20-32-25-13-8-7-12-24(25)27(31)29-23-17-15-22(16-18-23)28-26(30)19-14-21-10-5-4-6-11-21/h4-8,10-13,15-18H,2-3,9,14,19-20H2,1H3,(H,28,30)(H,29,31). The fourth-order valence-electron chi connectivity index (χ4n) is 3.28. The van der Waals surface area contributed by atoms with Crippen molar-refractivity contribution >= 4 is 23.2 Å². The lowest BCUT2D eigenvalue weighted by Gasteiger charge is -2.12. The summed E-state index contributed by atoms with van der Waals surface area (Å²) in [5, 5.41) is 5.79. The highest BCUT2D eigenvalue weighted by Gasteiger charge is 2.12. The number of hydrogen-bond acceptors (Lipinski definition) is 3. The van der Waals surface area contributed by atoms with Gasteiger partial charge in [-0.25, -0.2) is 0 Å². The number of rotatable bonds is 11. The fraction of sp³-hybridized carbons (Fsp3) is 0.259. The number of aryl methyl sites for hydroxylation is 1. The number of anilines is 2. The van der Waals surface area contributed by atoms with Crippen LogP contribution < -0.4 is 15.4 Å². The van der Waals surface area contributed by atoms with Gasteiger partial charge in [0.2, 0.25) is 5.91 Å². The molecule has 0 saturated heterocycles. The first kappa shape index (κ1) is 23.1. The zero-order valence-corrected chi connectivity index (χ0v) is 18.5. The molecule has 0 atom stereocenters. The Morgan fingerprint density at radius 2 is 1.44 bits per heavy atom. The summed E-state index contributed by atoms with van der Waals surface area (Å²) in [5.41, 5.74) is 2.98. The molecule has 0 bridgehead atoms. The minimum Gasteiger partial charge on any atom is -0.493 e. The van der Waals surface area contributed by atoms with Gasteiger partial charge in [0.15, 0.2) is 0 Å². The lowest BCUT2D eigenvalue weighted by atomic mass is 10.1. The first-order chi connectivity index (χ1) is 15.7. The Morgan fingerprint density at radius 3 is 2.16 bits per heavy atom. The van der Waals surface area contributed by atoms with E-state index in [9.17, 15) is 9.59 Å². The topological polar surface area (TPSA) is 67.4 Å². The molecule has 3 aromatic carbocycles. The first-order valence-electron chi connectivity index (χ1n) is 11.1. The fourth-order valence-corrected chi connectivity index (χ4v) is 3.28. The number of para-hydroxylation sites is 1. The van der Waals surface area contributed by atoms with E-state index in [1.165, 1.54) is 0 Å². The van der Waals surface area contributed by atoms with Gasteiger partial charge >= 0.3 is 0 Å². The summed E-state index contributed by atoms with van der Waals surface area (Å²) in [6.45, 7) is 2.74. The molecule has 0 radical (unpaired) electrons. The van der Waals surface area contributed by atoms with Crippen molar-refractivity contribution in [2.45, 2.75) is 39.0 Å². The molecule has 0 aliphatic carbocycles. The molecule has 0 aliphatic rings. The molecule has 3 aromatic rings. The van der Waals surface area contributed by atoms with E-state index in [-0.39, 0.29) is 11.8 Å². The van der Waals surface area contributed by atoms with Crippen molar-refractivity contribution in [2.24, 2.45) is 0 Å². The number of carbonyl (C=O) groups is 2. The second kappa shape index (κ2) is 12.3. The maximum atomic E-state index is 12.7. The van der Waals surface area contributed by atoms with Gasteiger partial charge in [-0.1, -0.05) is 62.2 Å². The normalized spacial score (nSPS) is 10.4. The van der Waals surface area contributed by atoms with Crippen molar-refractivity contribution in [2.75, 3.05) is 17.2 Å². The van der Waals surface area contributed by atoms with Gasteiger partial charge in [0.05, 0.1) is 12.2 Å². The Labute approximate surface area is 189 Å². The van der Waals surface area contributed by atoms with Crippen molar-refractivity contribution < 1.29 is 14.3 Å². The Hall–Kier alpha value is -3.60. The van der Waals surface area contributed by atoms with Crippen LogP contribution in [0.25, 0.3) is 0 Å². The van der Waals surface area contributed by atoms with Gasteiger partial charge in [-0.15, -0.1) is 0 Å². The molecule has 0 fully saturated rings. The summed E-state index contributed by atoms with van der Waals surface area (Å²) < 4.78 is 5.81. The molecular formula is C27H30N2O3. The Morgan fingerprint density at radius 1 is 0.781 bits per heavy atom. The van der Waals surface area contributed by atoms with E-state index in [0.717, 1.165) is 24.8 Å². The van der Waals surface area contributed by atoms with Gasteiger partial charge in [-0.2, -0.15) is 0 Å². The van der Waals surface area contributed by atoms with Crippen LogP contribution >= 0.6 is 0 Å². The second-order valence-electron chi connectivity index (χ2n) is 7.62. The van der Waals surface area contributed by atoms with Crippen LogP contribution in [0.5, 0.6) is 5.75 Å². The monoisotopic (exact) mass is 430 g/mol. The first-order valence-corrected chi connectivity index (χ1v) is 11.1. The molecule has 5 heteroatoms. The van der Waals surface area contributed by atoms with Gasteiger partial charge < -0.3 is 15.4 Å². The number of hydrogen-bond donors (Lipinski definition) is 2. The largest absolute Gasteiger partial charge is 0.493 e. The quantitative estimate of drug-likeness (QED) is 0.362. The van der Waals surface area contributed by atoms with Crippen molar-refractivity contribution in [1.82, 2.24) is 0 Å². The van der Waals surface area contributed by atoms with Crippen LogP contribution in [-0.4, -0.2) is 18.4 Å². The highest BCUT2D eigenvalue weighted by Crippen LogP contribution is 2.21. The lowest BCUT2D eigenvalue weighted by molar-refractivity contribution is -0.116. The molecule has 2 N–H and O–H groups in total. The molecule has 0 unspecified atom stereocenters. The van der Waals surface area contributed by atoms with E-state index in [0.29, 0.717) is 42.1 Å². The average molecular weight is 431 g/mol. The molecule has 2 amide bonds. The van der Waals surface area contributed by atoms with E-state index < -0.39 is 0 Å². The summed E-state index contributed by atoms with van der Waals surface area (Å²) in [7, 11) is 0. The average Bonchev–Trinajstić information content (AvgIpc) is 2.83. The molecule has 0 aromatic heterocycles. The Kier molecular flexibility index (Phi) is 8.87. The van der Waals surface area contributed by atoms with E-state index in [4.69, 9.17) is 4.74 Å². The SMILES string of the molecule is CCCCCOc1ccccc1C(=O)Nc1ccc(NC(=O)CCc2ccccc2)cc1. The molecule has 0 aliphatic heterocycles. The predicted molar refractivity (Wildman–Crippen MR) is 129 cm³/mol. The van der Waals surface area contributed by atoms with Crippen LogP contribution in [0.3, 0.4) is 0 Å². The number of carbonyl (C=O) groups excluding carboxylic acids is 2. The maximum absolute atomic E-state index is 12.7. The molecule has 32 heavy (non-hydrogen) atoms. The molecule has 5 nitrogen and oxygen atoms in total. The van der Waals surface area contributed by atoms with Gasteiger partial charge in [-0.3, -0.25) is 9.59 Å². The smallest absolute Gasteiger partial charge is 0.259 e. The summed E-state index contributed by atoms with van der Waals surface area (Å²) in [5.74, 6) is 0.318. The summed E-state index contributed by atoms with van der Waals surface area (Å²) in [4.78, 5) is 24.9. The highest BCUT2D eigenvalue weighted by molar-refractivity contribution is 6.06. The highest BCUT2D eigenvalue weighted by atomic mass is 16.5. The number of amides is 2. The van der Waals surface area contributed by atoms with Crippen molar-refractivity contribution in [3.63, 3.8) is 0 Å². The van der Waals surface area contributed by atoms with E-state index in [1.807, 2.05) is 48.5 Å². The molecular weight excluding hydrogens is 400 g/mol. The third-order valence-electron chi connectivity index (χ3n) is 5.05. The number of unbranched alkanes of at least 4 members (excludes halogenated alkanes) is 2. The van der Waals surface area contributed by atoms with Crippen LogP contribution in [-0.2, 0) is 11.2 Å². The van der Waals surface area contributed by atoms with Crippen LogP contribution in [0.4, 0.5) is 11.4 Å². The van der Waals surface area contributed by atoms with Crippen molar-refractivity contribution in [3.05, 3.63) is 90.0 Å². The molecule has 3 rings (SSSR count). The van der Waals surface area contributed by atoms with Gasteiger partial charge in [0, 0.05) is 17.8 Å². The minimum absolute atomic E-state index is 0.0419. The van der Waals surface area contributed by atoms with Crippen molar-refractivity contribution in [3.8, 4) is 5.75 Å². The van der Waals surface area contributed by atoms with Crippen LogP contribution in [0.15, 0.2) is 78.9 Å². The summed E-state index contributed by atoms with van der Waals surface area (Å²) >= 11 is 0. The summed E-state index contributed by atoms with van der Waals surface area (Å²) in [6.07, 6.45) is 4.29. The van der Waals surface area contributed by atoms with Crippen molar-refractivity contribution in [1.29, 1.82) is 0 Å².